The summed E-state index contributed by atoms with van der Waals surface area (Å²) in [5.41, 5.74) is 0. The lowest BCUT2D eigenvalue weighted by Gasteiger charge is -2.08. The molecule has 6 heteroatoms. The molecule has 1 atom stereocenters. The van der Waals surface area contributed by atoms with Gasteiger partial charge in [0.2, 0.25) is 5.91 Å². The first-order chi connectivity index (χ1) is 6.47. The van der Waals surface area contributed by atoms with E-state index in [-0.39, 0.29) is 6.61 Å². The molecule has 0 aliphatic rings. The molecule has 6 nitrogen and oxygen atoms in total. The summed E-state index contributed by atoms with van der Waals surface area (Å²) in [5.74, 6) is -2.47. The molecule has 0 aliphatic carbocycles. The number of hydrogen-bond donors (Lipinski definition) is 2. The van der Waals surface area contributed by atoms with E-state index in [0.717, 1.165) is 0 Å². The van der Waals surface area contributed by atoms with Crippen LogP contribution < -0.4 is 5.32 Å². The molecule has 0 heterocycles. The molecular formula is C8H13NO5. The quantitative estimate of drug-likeness (QED) is 0.465. The van der Waals surface area contributed by atoms with Crippen LogP contribution in [0.5, 0.6) is 0 Å². The van der Waals surface area contributed by atoms with Gasteiger partial charge in [-0.25, -0.2) is 0 Å². The van der Waals surface area contributed by atoms with E-state index in [0.29, 0.717) is 0 Å². The number of nitrogens with one attached hydrogen (secondary N) is 1. The predicted molar refractivity (Wildman–Crippen MR) is 46.5 cm³/mol. The van der Waals surface area contributed by atoms with E-state index in [9.17, 15) is 14.4 Å². The van der Waals surface area contributed by atoms with Crippen molar-refractivity contribution in [3.8, 4) is 0 Å². The minimum Gasteiger partial charge on any atom is -0.480 e. The minimum atomic E-state index is -1.15. The minimum absolute atomic E-state index is 0.195. The molecule has 0 saturated heterocycles. The number of carboxylic acid groups (broad SMARTS) is 1. The van der Waals surface area contributed by atoms with Crippen LogP contribution in [0.4, 0.5) is 0 Å². The van der Waals surface area contributed by atoms with E-state index < -0.39 is 30.3 Å². The van der Waals surface area contributed by atoms with Crippen LogP contribution in [0.25, 0.3) is 0 Å². The molecule has 2 N–H and O–H groups in total. The van der Waals surface area contributed by atoms with Gasteiger partial charge in [-0.3, -0.25) is 14.4 Å². The normalized spacial score (nSPS) is 11.6. The maximum absolute atomic E-state index is 11.0. The lowest BCUT2D eigenvalue weighted by molar-refractivity contribution is -0.148. The number of carbonyl (C=O) groups is 3. The van der Waals surface area contributed by atoms with Crippen LogP contribution in [0.3, 0.4) is 0 Å². The number of ether oxygens (including phenoxy) is 1. The lowest BCUT2D eigenvalue weighted by atomic mass is 10.3. The van der Waals surface area contributed by atoms with Crippen molar-refractivity contribution in [1.82, 2.24) is 5.32 Å². The molecule has 1 amide bonds. The average Bonchev–Trinajstić information content (AvgIpc) is 2.03. The molecule has 0 aromatic carbocycles. The Kier molecular flexibility index (Phi) is 5.28. The molecule has 0 rings (SSSR count). The van der Waals surface area contributed by atoms with E-state index in [2.05, 4.69) is 10.1 Å². The zero-order chi connectivity index (χ0) is 11.1. The van der Waals surface area contributed by atoms with Gasteiger partial charge >= 0.3 is 11.9 Å². The number of aliphatic carboxylic acids is 1. The summed E-state index contributed by atoms with van der Waals surface area (Å²) in [6.45, 7) is 3.13. The van der Waals surface area contributed by atoms with Crippen LogP contribution in [0.2, 0.25) is 0 Å². The fourth-order valence-corrected chi connectivity index (χ4v) is 0.697. The van der Waals surface area contributed by atoms with E-state index in [4.69, 9.17) is 5.11 Å². The molecule has 0 radical (unpaired) electrons. The molecule has 0 spiro atoms. The largest absolute Gasteiger partial charge is 0.480 e. The van der Waals surface area contributed by atoms with Gasteiger partial charge in [0, 0.05) is 0 Å². The molecule has 0 saturated carbocycles. The highest BCUT2D eigenvalue weighted by molar-refractivity contribution is 5.95. The summed E-state index contributed by atoms with van der Waals surface area (Å²) in [6, 6.07) is -1.00. The average molecular weight is 203 g/mol. The zero-order valence-corrected chi connectivity index (χ0v) is 8.07. The van der Waals surface area contributed by atoms with Crippen LogP contribution in [0.15, 0.2) is 0 Å². The Morgan fingerprint density at radius 1 is 1.43 bits per heavy atom. The Morgan fingerprint density at radius 2 is 2.00 bits per heavy atom. The van der Waals surface area contributed by atoms with Crippen molar-refractivity contribution < 1.29 is 24.2 Å². The summed E-state index contributed by atoms with van der Waals surface area (Å²) < 4.78 is 4.51. The van der Waals surface area contributed by atoms with E-state index in [1.54, 1.807) is 6.92 Å². The molecule has 0 bridgehead atoms. The Hall–Kier alpha value is -1.59. The van der Waals surface area contributed by atoms with Crippen molar-refractivity contribution in [2.24, 2.45) is 0 Å². The molecule has 0 aliphatic heterocycles. The van der Waals surface area contributed by atoms with Gasteiger partial charge in [-0.1, -0.05) is 0 Å². The second-order valence-electron chi connectivity index (χ2n) is 2.61. The van der Waals surface area contributed by atoms with Crippen LogP contribution in [-0.4, -0.2) is 35.6 Å². The van der Waals surface area contributed by atoms with Gasteiger partial charge in [0.15, 0.2) is 0 Å². The number of carbonyl (C=O) groups excluding carboxylic acids is 2. The van der Waals surface area contributed by atoms with Gasteiger partial charge in [0.1, 0.15) is 12.5 Å². The summed E-state index contributed by atoms with van der Waals surface area (Å²) in [6.07, 6.45) is -0.453. The smallest absolute Gasteiger partial charge is 0.325 e. The first-order valence-electron chi connectivity index (χ1n) is 4.15. The standard InChI is InChI=1S/C8H13NO5/c1-3-14-7(11)4-6(10)9-5(2)8(12)13/h5H,3-4H2,1-2H3,(H,9,10)(H,12,13). The molecule has 1 unspecified atom stereocenters. The topological polar surface area (TPSA) is 92.7 Å². The fraction of sp³-hybridized carbons (Fsp3) is 0.625. The Balaban J connectivity index is 3.86. The number of carboxylic acids is 1. The highest BCUT2D eigenvalue weighted by atomic mass is 16.5. The van der Waals surface area contributed by atoms with Gasteiger partial charge in [0.05, 0.1) is 6.61 Å². The first kappa shape index (κ1) is 12.4. The second kappa shape index (κ2) is 5.95. The van der Waals surface area contributed by atoms with Crippen molar-refractivity contribution in [2.75, 3.05) is 6.61 Å². The van der Waals surface area contributed by atoms with Crippen LogP contribution in [-0.2, 0) is 19.1 Å². The number of esters is 1. The van der Waals surface area contributed by atoms with Crippen molar-refractivity contribution >= 4 is 17.8 Å². The van der Waals surface area contributed by atoms with Gasteiger partial charge in [-0.2, -0.15) is 0 Å². The zero-order valence-electron chi connectivity index (χ0n) is 8.07. The molecule has 80 valence electrons. The summed E-state index contributed by atoms with van der Waals surface area (Å²) in [4.78, 5) is 32.1. The SMILES string of the molecule is CCOC(=O)CC(=O)NC(C)C(=O)O. The van der Waals surface area contributed by atoms with Crippen molar-refractivity contribution in [1.29, 1.82) is 0 Å². The van der Waals surface area contributed by atoms with Crippen LogP contribution in [0, 0.1) is 0 Å². The highest BCUT2D eigenvalue weighted by Gasteiger charge is 2.16. The maximum Gasteiger partial charge on any atom is 0.325 e. The third-order valence-electron chi connectivity index (χ3n) is 1.36. The number of amides is 1. The number of rotatable bonds is 5. The molecule has 0 aromatic heterocycles. The monoisotopic (exact) mass is 203 g/mol. The van der Waals surface area contributed by atoms with Gasteiger partial charge in [-0.05, 0) is 13.8 Å². The van der Waals surface area contributed by atoms with Crippen molar-refractivity contribution in [2.45, 2.75) is 26.3 Å². The van der Waals surface area contributed by atoms with Crippen LogP contribution in [0.1, 0.15) is 20.3 Å². The highest BCUT2D eigenvalue weighted by Crippen LogP contribution is 1.89. The van der Waals surface area contributed by atoms with Gasteiger partial charge < -0.3 is 15.2 Å². The van der Waals surface area contributed by atoms with Crippen molar-refractivity contribution in [3.05, 3.63) is 0 Å². The third-order valence-corrected chi connectivity index (χ3v) is 1.36. The summed E-state index contributed by atoms with van der Waals surface area (Å²) >= 11 is 0. The van der Waals surface area contributed by atoms with Crippen LogP contribution >= 0.6 is 0 Å². The third kappa shape index (κ3) is 5.13. The molecule has 0 fully saturated rings. The summed E-state index contributed by atoms with van der Waals surface area (Å²) in [5, 5.41) is 10.6. The van der Waals surface area contributed by atoms with E-state index in [1.807, 2.05) is 0 Å². The fourth-order valence-electron chi connectivity index (χ4n) is 0.697. The number of hydrogen-bond acceptors (Lipinski definition) is 4. The van der Waals surface area contributed by atoms with Crippen molar-refractivity contribution in [3.63, 3.8) is 0 Å². The first-order valence-corrected chi connectivity index (χ1v) is 4.15. The Labute approximate surface area is 81.2 Å². The molecule has 0 aromatic rings. The molecule has 14 heavy (non-hydrogen) atoms. The lowest BCUT2D eigenvalue weighted by Crippen LogP contribution is -2.39. The Morgan fingerprint density at radius 3 is 2.43 bits per heavy atom. The Bertz CT molecular complexity index is 238. The van der Waals surface area contributed by atoms with E-state index >= 15 is 0 Å². The molecular weight excluding hydrogens is 190 g/mol. The predicted octanol–water partition coefficient (Wildman–Crippen LogP) is -0.471. The van der Waals surface area contributed by atoms with Gasteiger partial charge in [-0.15, -0.1) is 0 Å². The van der Waals surface area contributed by atoms with E-state index in [1.165, 1.54) is 6.92 Å². The van der Waals surface area contributed by atoms with Gasteiger partial charge in [0.25, 0.3) is 0 Å². The summed E-state index contributed by atoms with van der Waals surface area (Å²) in [7, 11) is 0. The maximum atomic E-state index is 11.0. The second-order valence-corrected chi connectivity index (χ2v) is 2.61.